The van der Waals surface area contributed by atoms with Gasteiger partial charge in [-0.05, 0) is 31.0 Å². The molecular weight excluding hydrogens is 420 g/mol. The van der Waals surface area contributed by atoms with Crippen molar-refractivity contribution < 1.29 is 9.59 Å². The molecular formula is C20H16N6O2S2. The van der Waals surface area contributed by atoms with Gasteiger partial charge >= 0.3 is 0 Å². The van der Waals surface area contributed by atoms with Crippen LogP contribution in [-0.2, 0) is 4.79 Å². The molecule has 30 heavy (non-hydrogen) atoms. The van der Waals surface area contributed by atoms with Gasteiger partial charge in [-0.3, -0.25) is 9.59 Å². The minimum absolute atomic E-state index is 0.221. The van der Waals surface area contributed by atoms with Crippen LogP contribution in [-0.4, -0.2) is 49.2 Å². The van der Waals surface area contributed by atoms with Gasteiger partial charge in [0.2, 0.25) is 5.91 Å². The van der Waals surface area contributed by atoms with E-state index in [2.05, 4.69) is 25.3 Å². The highest BCUT2D eigenvalue weighted by Gasteiger charge is 2.36. The summed E-state index contributed by atoms with van der Waals surface area (Å²) in [7, 11) is 0. The Hall–Kier alpha value is -3.24. The summed E-state index contributed by atoms with van der Waals surface area (Å²) in [6.07, 6.45) is 4.64. The van der Waals surface area contributed by atoms with Gasteiger partial charge in [-0.1, -0.05) is 23.5 Å². The molecule has 0 radical (unpaired) electrons. The minimum Gasteiger partial charge on any atom is -0.325 e. The first kappa shape index (κ1) is 18.8. The molecule has 1 aliphatic heterocycles. The zero-order valence-corrected chi connectivity index (χ0v) is 17.3. The summed E-state index contributed by atoms with van der Waals surface area (Å²) in [5, 5.41) is 5.68. The number of likely N-dealkylation sites (tertiary alicyclic amines) is 1. The first-order chi connectivity index (χ1) is 14.7. The maximum Gasteiger partial charge on any atom is 0.274 e. The van der Waals surface area contributed by atoms with E-state index in [0.29, 0.717) is 34.6 Å². The highest BCUT2D eigenvalue weighted by molar-refractivity contribution is 7.22. The van der Waals surface area contributed by atoms with E-state index in [-0.39, 0.29) is 11.8 Å². The number of fused-ring (bicyclic) bond motifs is 1. The number of para-hydroxylation sites is 1. The van der Waals surface area contributed by atoms with Gasteiger partial charge in [-0.25, -0.2) is 19.9 Å². The molecule has 5 rings (SSSR count). The molecule has 4 heterocycles. The zero-order chi connectivity index (χ0) is 20.5. The summed E-state index contributed by atoms with van der Waals surface area (Å²) in [6, 6.07) is 8.90. The van der Waals surface area contributed by atoms with E-state index in [1.54, 1.807) is 28.7 Å². The Labute approximate surface area is 179 Å². The number of aromatic nitrogens is 4. The van der Waals surface area contributed by atoms with Crippen LogP contribution in [0.4, 0.5) is 5.13 Å². The molecule has 3 aromatic heterocycles. The van der Waals surface area contributed by atoms with Crippen molar-refractivity contribution in [1.29, 1.82) is 0 Å². The molecule has 1 N–H and O–H groups in total. The number of nitrogens with zero attached hydrogens (tertiary/aromatic N) is 5. The van der Waals surface area contributed by atoms with Crippen LogP contribution in [0, 0.1) is 0 Å². The smallest absolute Gasteiger partial charge is 0.274 e. The lowest BCUT2D eigenvalue weighted by atomic mass is 10.2. The minimum atomic E-state index is -0.539. The van der Waals surface area contributed by atoms with E-state index in [0.717, 1.165) is 16.6 Å². The van der Waals surface area contributed by atoms with E-state index in [1.165, 1.54) is 22.7 Å². The maximum atomic E-state index is 13.0. The van der Waals surface area contributed by atoms with Crippen LogP contribution in [0.2, 0.25) is 0 Å². The third-order valence-corrected chi connectivity index (χ3v) is 6.61. The van der Waals surface area contributed by atoms with Crippen LogP contribution >= 0.6 is 22.7 Å². The monoisotopic (exact) mass is 436 g/mol. The standard InChI is InChI=1S/C20H16N6O2S2/c27-17(25-20-24-12-5-1-2-7-15(12)30-20)14-6-3-10-26(14)19(28)13-11-29-18(23-13)16-21-8-4-9-22-16/h1-2,4-5,7-9,11,14H,3,6,10H2,(H,24,25,27). The predicted molar refractivity (Wildman–Crippen MR) is 115 cm³/mol. The van der Waals surface area contributed by atoms with Crippen molar-refractivity contribution in [3.63, 3.8) is 0 Å². The number of hydrogen-bond acceptors (Lipinski definition) is 8. The molecule has 0 bridgehead atoms. The molecule has 1 atom stereocenters. The summed E-state index contributed by atoms with van der Waals surface area (Å²) in [4.78, 5) is 44.7. The van der Waals surface area contributed by atoms with Gasteiger partial charge in [0.1, 0.15) is 11.7 Å². The summed E-state index contributed by atoms with van der Waals surface area (Å²) < 4.78 is 1.00. The van der Waals surface area contributed by atoms with Crippen LogP contribution in [0.5, 0.6) is 0 Å². The van der Waals surface area contributed by atoms with E-state index in [4.69, 9.17) is 0 Å². The number of anilines is 1. The maximum absolute atomic E-state index is 13.0. The van der Waals surface area contributed by atoms with Crippen LogP contribution in [0.1, 0.15) is 23.3 Å². The molecule has 1 fully saturated rings. The third-order valence-electron chi connectivity index (χ3n) is 4.82. The number of nitrogens with one attached hydrogen (secondary N) is 1. The van der Waals surface area contributed by atoms with Crippen molar-refractivity contribution in [2.75, 3.05) is 11.9 Å². The van der Waals surface area contributed by atoms with E-state index < -0.39 is 6.04 Å². The lowest BCUT2D eigenvalue weighted by Crippen LogP contribution is -2.43. The average Bonchev–Trinajstić information content (AvgIpc) is 3.52. The van der Waals surface area contributed by atoms with Gasteiger partial charge in [0, 0.05) is 24.3 Å². The Balaban J connectivity index is 1.32. The Morgan fingerprint density at radius 2 is 1.93 bits per heavy atom. The van der Waals surface area contributed by atoms with Gasteiger partial charge in [0.05, 0.1) is 10.2 Å². The molecule has 150 valence electrons. The second-order valence-electron chi connectivity index (χ2n) is 6.74. The fraction of sp³-hybridized carbons (Fsp3) is 0.200. The molecule has 1 saturated heterocycles. The molecule has 10 heteroatoms. The molecule has 4 aromatic rings. The zero-order valence-electron chi connectivity index (χ0n) is 15.7. The molecule has 1 unspecified atom stereocenters. The van der Waals surface area contributed by atoms with Crippen molar-refractivity contribution in [2.24, 2.45) is 0 Å². The molecule has 2 amide bonds. The van der Waals surface area contributed by atoms with Crippen LogP contribution in [0.3, 0.4) is 0 Å². The number of amides is 2. The van der Waals surface area contributed by atoms with Gasteiger partial charge in [0.25, 0.3) is 5.91 Å². The molecule has 0 saturated carbocycles. The number of carbonyl (C=O) groups is 2. The predicted octanol–water partition coefficient (Wildman–Crippen LogP) is 3.45. The van der Waals surface area contributed by atoms with Crippen molar-refractivity contribution in [3.8, 4) is 10.8 Å². The summed E-state index contributed by atoms with van der Waals surface area (Å²) in [5.41, 5.74) is 1.15. The fourth-order valence-electron chi connectivity index (χ4n) is 3.43. The van der Waals surface area contributed by atoms with Crippen molar-refractivity contribution in [1.82, 2.24) is 24.8 Å². The SMILES string of the molecule is O=C(Nc1nc2ccccc2s1)C1CCCN1C(=O)c1csc(-c2ncccn2)n1. The normalized spacial score (nSPS) is 16.1. The summed E-state index contributed by atoms with van der Waals surface area (Å²) in [6.45, 7) is 0.519. The van der Waals surface area contributed by atoms with Crippen molar-refractivity contribution in [3.05, 3.63) is 53.8 Å². The molecule has 8 nitrogen and oxygen atoms in total. The number of benzene rings is 1. The van der Waals surface area contributed by atoms with Gasteiger partial charge in [0.15, 0.2) is 16.0 Å². The molecule has 1 aromatic carbocycles. The Morgan fingerprint density at radius 1 is 1.10 bits per heavy atom. The highest BCUT2D eigenvalue weighted by Crippen LogP contribution is 2.28. The first-order valence-corrected chi connectivity index (χ1v) is 11.1. The van der Waals surface area contributed by atoms with E-state index in [1.807, 2.05) is 24.3 Å². The van der Waals surface area contributed by atoms with E-state index >= 15 is 0 Å². The lowest BCUT2D eigenvalue weighted by molar-refractivity contribution is -0.119. The number of carbonyl (C=O) groups excluding carboxylic acids is 2. The van der Waals surface area contributed by atoms with Crippen LogP contribution in [0.25, 0.3) is 21.0 Å². The topological polar surface area (TPSA) is 101 Å². The summed E-state index contributed by atoms with van der Waals surface area (Å²) >= 11 is 2.73. The van der Waals surface area contributed by atoms with E-state index in [9.17, 15) is 9.59 Å². The van der Waals surface area contributed by atoms with Gasteiger partial charge in [-0.15, -0.1) is 11.3 Å². The quantitative estimate of drug-likeness (QED) is 0.526. The average molecular weight is 437 g/mol. The van der Waals surface area contributed by atoms with Crippen molar-refractivity contribution in [2.45, 2.75) is 18.9 Å². The lowest BCUT2D eigenvalue weighted by Gasteiger charge is -2.22. The van der Waals surface area contributed by atoms with Crippen LogP contribution in [0.15, 0.2) is 48.1 Å². The molecule has 0 spiro atoms. The number of thiazole rings is 2. The van der Waals surface area contributed by atoms with Crippen molar-refractivity contribution >= 4 is 49.8 Å². The largest absolute Gasteiger partial charge is 0.325 e. The second-order valence-corrected chi connectivity index (χ2v) is 8.63. The highest BCUT2D eigenvalue weighted by atomic mass is 32.1. The Bertz CT molecular complexity index is 1190. The van der Waals surface area contributed by atoms with Gasteiger partial charge in [-0.2, -0.15) is 0 Å². The second kappa shape index (κ2) is 7.88. The fourth-order valence-corrected chi connectivity index (χ4v) is 5.04. The number of rotatable bonds is 4. The Kier molecular flexibility index (Phi) is 4.93. The van der Waals surface area contributed by atoms with Gasteiger partial charge < -0.3 is 10.2 Å². The molecule has 0 aliphatic carbocycles. The molecule has 1 aliphatic rings. The first-order valence-electron chi connectivity index (χ1n) is 9.39. The third kappa shape index (κ3) is 3.55. The van der Waals surface area contributed by atoms with Crippen LogP contribution < -0.4 is 5.32 Å². The summed E-state index contributed by atoms with van der Waals surface area (Å²) in [5.74, 6) is 0.00485. The Morgan fingerprint density at radius 3 is 2.77 bits per heavy atom. The number of hydrogen-bond donors (Lipinski definition) is 1.